The van der Waals surface area contributed by atoms with Gasteiger partial charge in [-0.3, -0.25) is 0 Å². The van der Waals surface area contributed by atoms with Crippen molar-refractivity contribution in [2.75, 3.05) is 60.4 Å². The van der Waals surface area contributed by atoms with Gasteiger partial charge in [0.2, 0.25) is 0 Å². The molecule has 120 valence electrons. The van der Waals surface area contributed by atoms with E-state index in [1.807, 2.05) is 19.0 Å². The van der Waals surface area contributed by atoms with E-state index in [1.165, 1.54) is 4.31 Å². The molecule has 0 saturated carbocycles. The number of rotatable bonds is 8. The monoisotopic (exact) mass is 306 g/mol. The van der Waals surface area contributed by atoms with E-state index in [4.69, 9.17) is 0 Å². The molecule has 20 heavy (non-hydrogen) atoms. The highest BCUT2D eigenvalue weighted by Gasteiger charge is 2.30. The van der Waals surface area contributed by atoms with Crippen LogP contribution in [0.15, 0.2) is 0 Å². The van der Waals surface area contributed by atoms with Gasteiger partial charge in [0.05, 0.1) is 0 Å². The van der Waals surface area contributed by atoms with Gasteiger partial charge in [0.15, 0.2) is 0 Å². The first-order chi connectivity index (χ1) is 9.37. The van der Waals surface area contributed by atoms with Crippen LogP contribution in [0.2, 0.25) is 0 Å². The molecule has 0 amide bonds. The fraction of sp³-hybridized carbons (Fsp3) is 1.00. The van der Waals surface area contributed by atoms with Crippen molar-refractivity contribution in [3.63, 3.8) is 0 Å². The number of nitrogens with one attached hydrogen (secondary N) is 1. The lowest BCUT2D eigenvalue weighted by Crippen LogP contribution is -2.48. The van der Waals surface area contributed by atoms with Gasteiger partial charge in [0, 0.05) is 33.2 Å². The lowest BCUT2D eigenvalue weighted by Gasteiger charge is -2.34. The molecular formula is C13H30N4O2S. The molecule has 1 aliphatic heterocycles. The lowest BCUT2D eigenvalue weighted by atomic mass is 9.98. The number of piperidine rings is 1. The first kappa shape index (κ1) is 17.8. The van der Waals surface area contributed by atoms with Crippen molar-refractivity contribution in [1.29, 1.82) is 0 Å². The number of nitrogens with zero attached hydrogens (tertiary/aromatic N) is 3. The van der Waals surface area contributed by atoms with Crippen LogP contribution in [0.3, 0.4) is 0 Å². The topological polar surface area (TPSA) is 55.9 Å². The first-order valence-corrected chi connectivity index (χ1v) is 8.84. The summed E-state index contributed by atoms with van der Waals surface area (Å²) in [5, 5.41) is 3.34. The van der Waals surface area contributed by atoms with Crippen molar-refractivity contribution in [2.24, 2.45) is 5.92 Å². The van der Waals surface area contributed by atoms with E-state index < -0.39 is 10.2 Å². The van der Waals surface area contributed by atoms with Gasteiger partial charge in [-0.05, 0) is 45.9 Å². The molecule has 0 spiro atoms. The molecule has 1 fully saturated rings. The predicted molar refractivity (Wildman–Crippen MR) is 82.9 cm³/mol. The summed E-state index contributed by atoms with van der Waals surface area (Å²) in [6.45, 7) is 6.64. The summed E-state index contributed by atoms with van der Waals surface area (Å²) < 4.78 is 28.0. The van der Waals surface area contributed by atoms with Crippen molar-refractivity contribution in [2.45, 2.75) is 19.8 Å². The molecule has 6 nitrogen and oxygen atoms in total. The Morgan fingerprint density at radius 2 is 1.75 bits per heavy atom. The Balaban J connectivity index is 2.45. The standard InChI is InChI=1S/C13H30N4O2S/c1-5-14-12-13-6-8-17(9-7-13)20(18,19)16(4)11-10-15(2)3/h13-14H,5-12H2,1-4H3. The molecule has 7 heteroatoms. The Labute approximate surface area is 124 Å². The summed E-state index contributed by atoms with van der Waals surface area (Å²) in [6.07, 6.45) is 1.90. The summed E-state index contributed by atoms with van der Waals surface area (Å²) >= 11 is 0. The van der Waals surface area contributed by atoms with Crippen LogP contribution in [0.25, 0.3) is 0 Å². The van der Waals surface area contributed by atoms with Crippen LogP contribution < -0.4 is 5.32 Å². The highest BCUT2D eigenvalue weighted by Crippen LogP contribution is 2.20. The Morgan fingerprint density at radius 3 is 2.25 bits per heavy atom. The van der Waals surface area contributed by atoms with Gasteiger partial charge in [-0.2, -0.15) is 17.0 Å². The summed E-state index contributed by atoms with van der Waals surface area (Å²) in [5.41, 5.74) is 0. The molecular weight excluding hydrogens is 276 g/mol. The zero-order valence-corrected chi connectivity index (χ0v) is 14.1. The van der Waals surface area contributed by atoms with Gasteiger partial charge in [0.25, 0.3) is 10.2 Å². The predicted octanol–water partition coefficient (Wildman–Crippen LogP) is 0.0461. The van der Waals surface area contributed by atoms with Crippen LogP contribution in [-0.4, -0.2) is 82.3 Å². The maximum absolute atomic E-state index is 12.4. The minimum absolute atomic E-state index is 0.534. The molecule has 1 heterocycles. The molecule has 0 radical (unpaired) electrons. The van der Waals surface area contributed by atoms with E-state index in [1.54, 1.807) is 11.4 Å². The second-order valence-electron chi connectivity index (χ2n) is 5.78. The third-order valence-electron chi connectivity index (χ3n) is 3.84. The van der Waals surface area contributed by atoms with Crippen LogP contribution in [-0.2, 0) is 10.2 Å². The average Bonchev–Trinajstić information content (AvgIpc) is 2.42. The van der Waals surface area contributed by atoms with Gasteiger partial charge in [0.1, 0.15) is 0 Å². The first-order valence-electron chi connectivity index (χ1n) is 7.44. The van der Waals surface area contributed by atoms with Gasteiger partial charge in [-0.15, -0.1) is 0 Å². The molecule has 0 aromatic rings. The number of hydrogen-bond acceptors (Lipinski definition) is 4. The maximum atomic E-state index is 12.4. The largest absolute Gasteiger partial charge is 0.317 e. The minimum atomic E-state index is -3.28. The number of likely N-dealkylation sites (N-methyl/N-ethyl adjacent to an activating group) is 2. The lowest BCUT2D eigenvalue weighted by molar-refractivity contribution is 0.251. The summed E-state index contributed by atoms with van der Waals surface area (Å²) in [7, 11) is 2.29. The van der Waals surface area contributed by atoms with Crippen LogP contribution in [0.5, 0.6) is 0 Å². The van der Waals surface area contributed by atoms with E-state index in [2.05, 4.69) is 12.2 Å². The quantitative estimate of drug-likeness (QED) is 0.688. The van der Waals surface area contributed by atoms with Crippen LogP contribution in [0, 0.1) is 5.92 Å². The number of hydrogen-bond donors (Lipinski definition) is 1. The third-order valence-corrected chi connectivity index (χ3v) is 5.83. The van der Waals surface area contributed by atoms with E-state index in [9.17, 15) is 8.42 Å². The zero-order valence-electron chi connectivity index (χ0n) is 13.3. The van der Waals surface area contributed by atoms with E-state index in [0.717, 1.165) is 32.5 Å². The van der Waals surface area contributed by atoms with Crippen molar-refractivity contribution < 1.29 is 8.42 Å². The molecule has 1 aliphatic rings. The molecule has 0 bridgehead atoms. The molecule has 0 aromatic carbocycles. The second kappa shape index (κ2) is 8.29. The summed E-state index contributed by atoms with van der Waals surface area (Å²) in [6, 6.07) is 0. The Morgan fingerprint density at radius 1 is 1.15 bits per heavy atom. The molecule has 1 rings (SSSR count). The van der Waals surface area contributed by atoms with Crippen molar-refractivity contribution >= 4 is 10.2 Å². The fourth-order valence-electron chi connectivity index (χ4n) is 2.35. The van der Waals surface area contributed by atoms with Gasteiger partial charge in [-0.25, -0.2) is 0 Å². The molecule has 0 aliphatic carbocycles. The van der Waals surface area contributed by atoms with E-state index in [0.29, 0.717) is 25.6 Å². The van der Waals surface area contributed by atoms with Crippen molar-refractivity contribution in [1.82, 2.24) is 18.8 Å². The van der Waals surface area contributed by atoms with Crippen LogP contribution >= 0.6 is 0 Å². The second-order valence-corrected chi connectivity index (χ2v) is 7.82. The maximum Gasteiger partial charge on any atom is 0.281 e. The molecule has 0 unspecified atom stereocenters. The van der Waals surface area contributed by atoms with E-state index in [-0.39, 0.29) is 0 Å². The third kappa shape index (κ3) is 5.29. The highest BCUT2D eigenvalue weighted by molar-refractivity contribution is 7.86. The van der Waals surface area contributed by atoms with Crippen molar-refractivity contribution in [3.8, 4) is 0 Å². The van der Waals surface area contributed by atoms with E-state index >= 15 is 0 Å². The summed E-state index contributed by atoms with van der Waals surface area (Å²) in [5.74, 6) is 0.605. The fourth-order valence-corrected chi connectivity index (χ4v) is 3.72. The van der Waals surface area contributed by atoms with Gasteiger partial charge in [-0.1, -0.05) is 6.92 Å². The molecule has 1 N–H and O–H groups in total. The average molecular weight is 306 g/mol. The zero-order chi connectivity index (χ0) is 15.2. The SMILES string of the molecule is CCNCC1CCN(S(=O)(=O)N(C)CCN(C)C)CC1. The molecule has 0 atom stereocenters. The van der Waals surface area contributed by atoms with Crippen molar-refractivity contribution in [3.05, 3.63) is 0 Å². The normalized spacial score (nSPS) is 19.1. The Hall–Kier alpha value is -0.210. The highest BCUT2D eigenvalue weighted by atomic mass is 32.2. The molecule has 1 saturated heterocycles. The van der Waals surface area contributed by atoms with Gasteiger partial charge >= 0.3 is 0 Å². The van der Waals surface area contributed by atoms with Gasteiger partial charge < -0.3 is 10.2 Å². The minimum Gasteiger partial charge on any atom is -0.317 e. The van der Waals surface area contributed by atoms with Crippen LogP contribution in [0.1, 0.15) is 19.8 Å². The smallest absolute Gasteiger partial charge is 0.281 e. The molecule has 0 aromatic heterocycles. The Bertz CT molecular complexity index is 365. The summed E-state index contributed by atoms with van der Waals surface area (Å²) in [4.78, 5) is 1.99. The van der Waals surface area contributed by atoms with Crippen LogP contribution in [0.4, 0.5) is 0 Å². The Kier molecular flexibility index (Phi) is 7.39.